The summed E-state index contributed by atoms with van der Waals surface area (Å²) in [5.74, 6) is 4.22. The van der Waals surface area contributed by atoms with Crippen molar-refractivity contribution in [3.05, 3.63) is 58.9 Å². The summed E-state index contributed by atoms with van der Waals surface area (Å²) in [6.07, 6.45) is 3.55. The molecule has 1 saturated heterocycles. The fraction of sp³-hybridized carbons (Fsp3) is 0.480. The lowest BCUT2D eigenvalue weighted by atomic mass is 9.88. The smallest absolute Gasteiger partial charge is 0.123 e. The molecule has 0 bridgehead atoms. The molecule has 2 aromatic carbocycles. The number of aromatic nitrogens is 2. The van der Waals surface area contributed by atoms with Crippen LogP contribution in [0.15, 0.2) is 42.5 Å². The highest BCUT2D eigenvalue weighted by Gasteiger charge is 2.33. The van der Waals surface area contributed by atoms with E-state index in [9.17, 15) is 0 Å². The van der Waals surface area contributed by atoms with Gasteiger partial charge in [0.2, 0.25) is 0 Å². The van der Waals surface area contributed by atoms with Crippen molar-refractivity contribution in [2.45, 2.75) is 38.6 Å². The maximum Gasteiger partial charge on any atom is 0.123 e. The van der Waals surface area contributed by atoms with Crippen molar-refractivity contribution in [2.75, 3.05) is 19.7 Å². The first kappa shape index (κ1) is 19.9. The molecule has 0 radical (unpaired) electrons. The Morgan fingerprint density at radius 3 is 2.63 bits per heavy atom. The fourth-order valence-electron chi connectivity index (χ4n) is 4.74. The molecule has 4 nitrogen and oxygen atoms in total. The van der Waals surface area contributed by atoms with Crippen molar-refractivity contribution in [1.82, 2.24) is 14.5 Å². The number of piperidine rings is 1. The second-order valence-corrected chi connectivity index (χ2v) is 9.53. The van der Waals surface area contributed by atoms with Crippen molar-refractivity contribution in [3.63, 3.8) is 0 Å². The van der Waals surface area contributed by atoms with Gasteiger partial charge in [0.15, 0.2) is 0 Å². The highest BCUT2D eigenvalue weighted by atomic mass is 35.5. The minimum Gasteiger partial charge on any atom is -0.493 e. The molecule has 158 valence electrons. The number of ether oxygens (including phenoxy) is 1. The standard InChI is InChI=1S/C25H30ClN3O/c1-17-13-19(17)16-30-24-8-7-20(26)14-21(24)18-9-11-29(12-10-18)15-25-27-22-5-3-4-6-23(22)28(25)2/h3-8,14,17-19H,9-13,15-16H2,1-2H3. The molecule has 30 heavy (non-hydrogen) atoms. The van der Waals surface area contributed by atoms with Gasteiger partial charge in [-0.2, -0.15) is 0 Å². The number of hydrogen-bond donors (Lipinski definition) is 0. The predicted molar refractivity (Wildman–Crippen MR) is 122 cm³/mol. The molecular formula is C25H30ClN3O. The van der Waals surface area contributed by atoms with E-state index >= 15 is 0 Å². The third kappa shape index (κ3) is 4.08. The average Bonchev–Trinajstić information content (AvgIpc) is 3.38. The van der Waals surface area contributed by atoms with Crippen molar-refractivity contribution < 1.29 is 4.74 Å². The number of rotatable bonds is 6. The molecule has 1 aromatic heterocycles. The minimum absolute atomic E-state index is 0.507. The van der Waals surface area contributed by atoms with Crippen LogP contribution in [0.1, 0.15) is 43.5 Å². The second kappa shape index (κ2) is 8.24. The normalized spacial score (nSPS) is 22.5. The molecular weight excluding hydrogens is 394 g/mol. The Bertz CT molecular complexity index is 1040. The molecule has 3 aromatic rings. The zero-order valence-electron chi connectivity index (χ0n) is 17.9. The van der Waals surface area contributed by atoms with Crippen LogP contribution in [-0.4, -0.2) is 34.1 Å². The van der Waals surface area contributed by atoms with E-state index in [1.54, 1.807) is 0 Å². The van der Waals surface area contributed by atoms with Gasteiger partial charge in [-0.25, -0.2) is 4.98 Å². The molecule has 0 amide bonds. The summed E-state index contributed by atoms with van der Waals surface area (Å²) >= 11 is 6.35. The molecule has 2 heterocycles. The number of likely N-dealkylation sites (tertiary alicyclic amines) is 1. The summed E-state index contributed by atoms with van der Waals surface area (Å²) in [6, 6.07) is 14.5. The van der Waals surface area contributed by atoms with Crippen molar-refractivity contribution >= 4 is 22.6 Å². The van der Waals surface area contributed by atoms with E-state index in [1.807, 2.05) is 6.07 Å². The lowest BCUT2D eigenvalue weighted by Crippen LogP contribution is -2.33. The van der Waals surface area contributed by atoms with Gasteiger partial charge in [-0.3, -0.25) is 4.90 Å². The molecule has 0 spiro atoms. The minimum atomic E-state index is 0.507. The molecule has 5 heteroatoms. The van der Waals surface area contributed by atoms with E-state index < -0.39 is 0 Å². The van der Waals surface area contributed by atoms with Crippen LogP contribution < -0.4 is 4.74 Å². The first-order valence-electron chi connectivity index (χ1n) is 11.1. The summed E-state index contributed by atoms with van der Waals surface area (Å²) in [5, 5.41) is 0.805. The first-order valence-corrected chi connectivity index (χ1v) is 11.5. The second-order valence-electron chi connectivity index (χ2n) is 9.09. The molecule has 2 fully saturated rings. The van der Waals surface area contributed by atoms with Crippen LogP contribution >= 0.6 is 11.6 Å². The largest absolute Gasteiger partial charge is 0.493 e. The van der Waals surface area contributed by atoms with E-state index in [0.29, 0.717) is 5.92 Å². The zero-order chi connectivity index (χ0) is 20.7. The molecule has 1 aliphatic heterocycles. The summed E-state index contributed by atoms with van der Waals surface area (Å²) < 4.78 is 8.45. The number of hydrogen-bond acceptors (Lipinski definition) is 3. The number of benzene rings is 2. The molecule has 5 rings (SSSR count). The topological polar surface area (TPSA) is 30.3 Å². The molecule has 2 atom stereocenters. The van der Waals surface area contributed by atoms with Crippen LogP contribution in [0.2, 0.25) is 5.02 Å². The Kier molecular flexibility index (Phi) is 5.46. The lowest BCUT2D eigenvalue weighted by Gasteiger charge is -2.32. The predicted octanol–water partition coefficient (Wildman–Crippen LogP) is 5.64. The van der Waals surface area contributed by atoms with E-state index in [-0.39, 0.29) is 0 Å². The SMILES string of the molecule is CC1CC1COc1ccc(Cl)cc1C1CCN(Cc2nc3ccccc3n2C)CC1. The number of imidazole rings is 1. The summed E-state index contributed by atoms with van der Waals surface area (Å²) in [5.41, 5.74) is 3.57. The fourth-order valence-corrected chi connectivity index (χ4v) is 4.92. The number of aryl methyl sites for hydroxylation is 1. The molecule has 1 aliphatic carbocycles. The van der Waals surface area contributed by atoms with Gasteiger partial charge < -0.3 is 9.30 Å². The summed E-state index contributed by atoms with van der Waals surface area (Å²) in [6.45, 7) is 6.17. The Morgan fingerprint density at radius 2 is 1.90 bits per heavy atom. The van der Waals surface area contributed by atoms with Crippen molar-refractivity contribution in [2.24, 2.45) is 18.9 Å². The van der Waals surface area contributed by atoms with Crippen molar-refractivity contribution in [1.29, 1.82) is 0 Å². The zero-order valence-corrected chi connectivity index (χ0v) is 18.6. The summed E-state index contributed by atoms with van der Waals surface area (Å²) in [4.78, 5) is 7.37. The molecule has 2 unspecified atom stereocenters. The van der Waals surface area contributed by atoms with Crippen LogP contribution in [0, 0.1) is 11.8 Å². The quantitative estimate of drug-likeness (QED) is 0.513. The highest BCUT2D eigenvalue weighted by Crippen LogP contribution is 2.40. The Hall–Kier alpha value is -2.04. The van der Waals surface area contributed by atoms with Crippen LogP contribution in [0.4, 0.5) is 0 Å². The Labute approximate surface area is 183 Å². The van der Waals surface area contributed by atoms with Gasteiger partial charge in [-0.15, -0.1) is 0 Å². The molecule has 1 saturated carbocycles. The average molecular weight is 424 g/mol. The van der Waals surface area contributed by atoms with E-state index in [4.69, 9.17) is 21.3 Å². The lowest BCUT2D eigenvalue weighted by molar-refractivity contribution is 0.196. The van der Waals surface area contributed by atoms with E-state index in [2.05, 4.69) is 59.8 Å². The van der Waals surface area contributed by atoms with Crippen LogP contribution in [0.5, 0.6) is 5.75 Å². The number of para-hydroxylation sites is 2. The maximum absolute atomic E-state index is 6.35. The number of halogens is 1. The van der Waals surface area contributed by atoms with Crippen LogP contribution in [0.25, 0.3) is 11.0 Å². The highest BCUT2D eigenvalue weighted by molar-refractivity contribution is 6.30. The first-order chi connectivity index (χ1) is 14.6. The van der Waals surface area contributed by atoms with Gasteiger partial charge in [0.25, 0.3) is 0 Å². The monoisotopic (exact) mass is 423 g/mol. The van der Waals surface area contributed by atoms with Gasteiger partial charge in [-0.1, -0.05) is 30.7 Å². The van der Waals surface area contributed by atoms with E-state index in [1.165, 1.54) is 17.5 Å². The van der Waals surface area contributed by atoms with Gasteiger partial charge in [-0.05, 0) is 86.0 Å². The molecule has 0 N–H and O–H groups in total. The van der Waals surface area contributed by atoms with E-state index in [0.717, 1.165) is 73.0 Å². The van der Waals surface area contributed by atoms with Gasteiger partial charge in [0, 0.05) is 12.1 Å². The summed E-state index contributed by atoms with van der Waals surface area (Å²) in [7, 11) is 2.12. The third-order valence-corrected chi connectivity index (χ3v) is 7.21. The third-order valence-electron chi connectivity index (χ3n) is 6.97. The van der Waals surface area contributed by atoms with Crippen LogP contribution in [0.3, 0.4) is 0 Å². The molecule has 2 aliphatic rings. The van der Waals surface area contributed by atoms with Gasteiger partial charge >= 0.3 is 0 Å². The number of nitrogens with zero attached hydrogens (tertiary/aromatic N) is 3. The van der Waals surface area contributed by atoms with Crippen molar-refractivity contribution in [3.8, 4) is 5.75 Å². The Balaban J connectivity index is 1.24. The number of fused-ring (bicyclic) bond motifs is 1. The van der Waals surface area contributed by atoms with Crippen LogP contribution in [-0.2, 0) is 13.6 Å². The maximum atomic E-state index is 6.35. The van der Waals surface area contributed by atoms with Gasteiger partial charge in [0.05, 0.1) is 24.2 Å². The Morgan fingerprint density at radius 1 is 1.13 bits per heavy atom. The van der Waals surface area contributed by atoms with Gasteiger partial charge in [0.1, 0.15) is 11.6 Å².